The van der Waals surface area contributed by atoms with Gasteiger partial charge in [0.05, 0.1) is 12.0 Å². The molecule has 1 amide bonds. The fourth-order valence-corrected chi connectivity index (χ4v) is 4.81. The van der Waals surface area contributed by atoms with Gasteiger partial charge in [0, 0.05) is 11.3 Å². The summed E-state index contributed by atoms with van der Waals surface area (Å²) in [6, 6.07) is 14.3. The van der Waals surface area contributed by atoms with Gasteiger partial charge in [-0.3, -0.25) is 4.79 Å². The number of amides is 1. The Morgan fingerprint density at radius 3 is 2.13 bits per heavy atom. The molecule has 156 valence electrons. The second-order valence-corrected chi connectivity index (χ2v) is 8.93. The van der Waals surface area contributed by atoms with E-state index < -0.39 is 15.7 Å². The van der Waals surface area contributed by atoms with E-state index in [1.807, 2.05) is 6.92 Å². The molecule has 0 aliphatic carbocycles. The molecule has 0 aliphatic heterocycles. The quantitative estimate of drug-likeness (QED) is 0.591. The highest BCUT2D eigenvalue weighted by atomic mass is 32.2. The monoisotopic (exact) mass is 425 g/mol. The van der Waals surface area contributed by atoms with Gasteiger partial charge in [-0.2, -0.15) is 0 Å². The Kier molecular flexibility index (Phi) is 5.85. The Balaban J connectivity index is 2.04. The summed E-state index contributed by atoms with van der Waals surface area (Å²) in [6.45, 7) is 5.12. The van der Waals surface area contributed by atoms with Crippen LogP contribution in [0.2, 0.25) is 0 Å². The van der Waals surface area contributed by atoms with E-state index in [1.165, 1.54) is 25.3 Å². The molecule has 3 rings (SSSR count). The average Bonchev–Trinajstić information content (AvgIpc) is 2.71. The fourth-order valence-electron chi connectivity index (χ4n) is 3.24. The Labute approximate surface area is 176 Å². The van der Waals surface area contributed by atoms with Gasteiger partial charge in [-0.15, -0.1) is 0 Å². The van der Waals surface area contributed by atoms with E-state index in [0.29, 0.717) is 22.6 Å². The Morgan fingerprint density at radius 1 is 0.967 bits per heavy atom. The lowest BCUT2D eigenvalue weighted by Gasteiger charge is -2.17. The summed E-state index contributed by atoms with van der Waals surface area (Å²) < 4.78 is 31.5. The van der Waals surface area contributed by atoms with E-state index in [9.17, 15) is 18.3 Å². The van der Waals surface area contributed by atoms with Crippen LogP contribution in [0.1, 0.15) is 27.0 Å². The third kappa shape index (κ3) is 4.02. The molecule has 0 aliphatic rings. The first kappa shape index (κ1) is 21.4. The number of benzene rings is 3. The summed E-state index contributed by atoms with van der Waals surface area (Å²) >= 11 is 0. The van der Waals surface area contributed by atoms with Gasteiger partial charge in [0.15, 0.2) is 0 Å². The van der Waals surface area contributed by atoms with Gasteiger partial charge >= 0.3 is 0 Å². The van der Waals surface area contributed by atoms with E-state index >= 15 is 0 Å². The Bertz CT molecular complexity index is 1200. The molecule has 7 heteroatoms. The minimum absolute atomic E-state index is 0.0720. The van der Waals surface area contributed by atoms with Crippen molar-refractivity contribution in [3.8, 4) is 11.5 Å². The lowest BCUT2D eigenvalue weighted by atomic mass is 10.1. The van der Waals surface area contributed by atoms with E-state index in [0.717, 1.165) is 5.56 Å². The van der Waals surface area contributed by atoms with Crippen LogP contribution in [-0.2, 0) is 9.84 Å². The van der Waals surface area contributed by atoms with Gasteiger partial charge in [-0.05, 0) is 74.4 Å². The van der Waals surface area contributed by atoms with Crippen LogP contribution in [0.4, 0.5) is 5.69 Å². The van der Waals surface area contributed by atoms with Gasteiger partial charge < -0.3 is 15.2 Å². The van der Waals surface area contributed by atoms with Crippen LogP contribution in [0.15, 0.2) is 64.4 Å². The van der Waals surface area contributed by atoms with Crippen LogP contribution >= 0.6 is 0 Å². The van der Waals surface area contributed by atoms with Gasteiger partial charge in [-0.25, -0.2) is 8.42 Å². The van der Waals surface area contributed by atoms with Crippen LogP contribution in [0, 0.1) is 20.8 Å². The molecule has 2 N–H and O–H groups in total. The maximum atomic E-state index is 13.2. The van der Waals surface area contributed by atoms with Crippen molar-refractivity contribution in [2.75, 3.05) is 12.4 Å². The van der Waals surface area contributed by atoms with Gasteiger partial charge in [0.1, 0.15) is 16.4 Å². The first-order valence-corrected chi connectivity index (χ1v) is 10.7. The van der Waals surface area contributed by atoms with Crippen molar-refractivity contribution in [1.82, 2.24) is 0 Å². The van der Waals surface area contributed by atoms with Crippen LogP contribution in [-0.4, -0.2) is 26.5 Å². The molecule has 0 atom stereocenters. The van der Waals surface area contributed by atoms with E-state index in [1.54, 1.807) is 50.2 Å². The molecule has 0 unspecified atom stereocenters. The third-order valence-corrected chi connectivity index (χ3v) is 6.83. The van der Waals surface area contributed by atoms with Crippen molar-refractivity contribution in [2.24, 2.45) is 0 Å². The molecule has 0 spiro atoms. The van der Waals surface area contributed by atoms with Crippen molar-refractivity contribution < 1.29 is 23.1 Å². The summed E-state index contributed by atoms with van der Waals surface area (Å²) in [5, 5.41) is 13.2. The SMILES string of the molecule is COc1ccc(C(=O)Nc2c(C)cc(O)c(S(=O)(=O)c3ccc(C)cc3)c2C)cc1. The number of aryl methyl sites for hydroxylation is 2. The van der Waals surface area contributed by atoms with Crippen LogP contribution in [0.3, 0.4) is 0 Å². The molecular weight excluding hydrogens is 402 g/mol. The number of ether oxygens (including phenoxy) is 1. The minimum Gasteiger partial charge on any atom is -0.507 e. The molecule has 3 aromatic rings. The number of phenols is 1. The molecule has 0 aromatic heterocycles. The number of carbonyl (C=O) groups is 1. The molecule has 0 saturated heterocycles. The predicted molar refractivity (Wildman–Crippen MR) is 115 cm³/mol. The van der Waals surface area contributed by atoms with Crippen molar-refractivity contribution >= 4 is 21.4 Å². The number of phenolic OH excluding ortho intramolecular Hbond substituents is 1. The number of hydrogen-bond acceptors (Lipinski definition) is 5. The van der Waals surface area contributed by atoms with Crippen LogP contribution in [0.25, 0.3) is 0 Å². The largest absolute Gasteiger partial charge is 0.507 e. The maximum absolute atomic E-state index is 13.2. The lowest BCUT2D eigenvalue weighted by Crippen LogP contribution is -2.15. The maximum Gasteiger partial charge on any atom is 0.255 e. The number of methoxy groups -OCH3 is 1. The number of anilines is 1. The molecule has 0 heterocycles. The average molecular weight is 426 g/mol. The molecule has 0 bridgehead atoms. The number of sulfone groups is 1. The van der Waals surface area contributed by atoms with Gasteiger partial charge in [-0.1, -0.05) is 17.7 Å². The van der Waals surface area contributed by atoms with Gasteiger partial charge in [0.2, 0.25) is 9.84 Å². The van der Waals surface area contributed by atoms with Crippen molar-refractivity contribution in [3.05, 3.63) is 76.9 Å². The van der Waals surface area contributed by atoms with E-state index in [2.05, 4.69) is 5.32 Å². The van der Waals surface area contributed by atoms with Crippen molar-refractivity contribution in [1.29, 1.82) is 0 Å². The standard InChI is InChI=1S/C23H23NO5S/c1-14-5-11-19(12-6-14)30(27,28)22-16(3)21(15(2)13-20(22)25)24-23(26)17-7-9-18(29-4)10-8-17/h5-13,25H,1-4H3,(H,24,26). The summed E-state index contributed by atoms with van der Waals surface area (Å²) in [5.74, 6) is -0.128. The molecule has 3 aromatic carbocycles. The Morgan fingerprint density at radius 2 is 1.57 bits per heavy atom. The Hall–Kier alpha value is -3.32. The van der Waals surface area contributed by atoms with Crippen molar-refractivity contribution in [2.45, 2.75) is 30.6 Å². The molecule has 0 fully saturated rings. The number of nitrogens with one attached hydrogen (secondary N) is 1. The summed E-state index contributed by atoms with van der Waals surface area (Å²) in [5.41, 5.74) is 2.49. The number of rotatable bonds is 5. The zero-order chi connectivity index (χ0) is 22.1. The summed E-state index contributed by atoms with van der Waals surface area (Å²) in [4.78, 5) is 12.6. The van der Waals surface area contributed by atoms with Gasteiger partial charge in [0.25, 0.3) is 5.91 Å². The second-order valence-electron chi connectivity index (χ2n) is 7.04. The van der Waals surface area contributed by atoms with E-state index in [4.69, 9.17) is 4.74 Å². The highest BCUT2D eigenvalue weighted by Gasteiger charge is 2.27. The number of aromatic hydroxyl groups is 1. The summed E-state index contributed by atoms with van der Waals surface area (Å²) in [7, 11) is -2.45. The fraction of sp³-hybridized carbons (Fsp3) is 0.174. The predicted octanol–water partition coefficient (Wildman–Crippen LogP) is 4.41. The number of hydrogen-bond donors (Lipinski definition) is 2. The highest BCUT2D eigenvalue weighted by molar-refractivity contribution is 7.91. The zero-order valence-electron chi connectivity index (χ0n) is 17.2. The first-order valence-electron chi connectivity index (χ1n) is 9.25. The van der Waals surface area contributed by atoms with E-state index in [-0.39, 0.29) is 21.1 Å². The smallest absolute Gasteiger partial charge is 0.255 e. The molecular formula is C23H23NO5S. The lowest BCUT2D eigenvalue weighted by molar-refractivity contribution is 0.102. The van der Waals surface area contributed by atoms with Crippen LogP contribution in [0.5, 0.6) is 11.5 Å². The first-order chi connectivity index (χ1) is 14.1. The molecule has 0 saturated carbocycles. The normalized spacial score (nSPS) is 11.2. The zero-order valence-corrected chi connectivity index (χ0v) is 18.0. The summed E-state index contributed by atoms with van der Waals surface area (Å²) in [6.07, 6.45) is 0. The molecule has 30 heavy (non-hydrogen) atoms. The number of carbonyl (C=O) groups excluding carboxylic acids is 1. The minimum atomic E-state index is -3.98. The highest BCUT2D eigenvalue weighted by Crippen LogP contribution is 2.38. The molecule has 6 nitrogen and oxygen atoms in total. The van der Waals surface area contributed by atoms with Crippen LogP contribution < -0.4 is 10.1 Å². The molecule has 0 radical (unpaired) electrons. The topological polar surface area (TPSA) is 92.7 Å². The van der Waals surface area contributed by atoms with Crippen molar-refractivity contribution in [3.63, 3.8) is 0 Å². The third-order valence-electron chi connectivity index (χ3n) is 4.89. The second kappa shape index (κ2) is 8.20.